The minimum atomic E-state index is -0.172. The predicted molar refractivity (Wildman–Crippen MR) is 92.8 cm³/mol. The molecule has 1 aromatic heterocycles. The van der Waals surface area contributed by atoms with Gasteiger partial charge in [0.15, 0.2) is 0 Å². The van der Waals surface area contributed by atoms with E-state index in [4.69, 9.17) is 11.6 Å². The Morgan fingerprint density at radius 3 is 2.43 bits per heavy atom. The summed E-state index contributed by atoms with van der Waals surface area (Å²) in [4.78, 5) is 20.3. The van der Waals surface area contributed by atoms with Crippen LogP contribution in [0.15, 0.2) is 36.7 Å². The highest BCUT2D eigenvalue weighted by Gasteiger charge is 2.07. The Bertz CT molecular complexity index is 626. The molecule has 0 saturated heterocycles. The highest BCUT2D eigenvalue weighted by atomic mass is 35.5. The first-order chi connectivity index (χ1) is 11.0. The maximum Gasteiger partial charge on any atom is 0.254 e. The Labute approximate surface area is 141 Å². The molecule has 1 amide bonds. The van der Waals surface area contributed by atoms with Crippen LogP contribution in [0.4, 0.5) is 5.95 Å². The largest absolute Gasteiger partial charge is 0.354 e. The van der Waals surface area contributed by atoms with E-state index in [1.807, 2.05) is 24.3 Å². The lowest BCUT2D eigenvalue weighted by Gasteiger charge is -2.08. The van der Waals surface area contributed by atoms with Crippen molar-refractivity contribution in [3.05, 3.63) is 52.8 Å². The summed E-state index contributed by atoms with van der Waals surface area (Å²) < 4.78 is 0. The van der Waals surface area contributed by atoms with Crippen molar-refractivity contribution in [2.24, 2.45) is 5.92 Å². The Kier molecular flexibility index (Phi) is 6.35. The van der Waals surface area contributed by atoms with Crippen molar-refractivity contribution >= 4 is 23.5 Å². The molecule has 1 heterocycles. The second-order valence-corrected chi connectivity index (χ2v) is 6.14. The molecule has 0 saturated carbocycles. The van der Waals surface area contributed by atoms with Gasteiger partial charge in [-0.25, -0.2) is 9.97 Å². The van der Waals surface area contributed by atoms with Crippen LogP contribution in [0, 0.1) is 5.92 Å². The summed E-state index contributed by atoms with van der Waals surface area (Å²) in [6, 6.07) is 7.59. The van der Waals surface area contributed by atoms with Crippen molar-refractivity contribution in [3.8, 4) is 0 Å². The van der Waals surface area contributed by atoms with E-state index < -0.39 is 0 Å². The zero-order valence-corrected chi connectivity index (χ0v) is 14.1. The Morgan fingerprint density at radius 1 is 1.17 bits per heavy atom. The van der Waals surface area contributed by atoms with E-state index in [1.165, 1.54) is 12.4 Å². The van der Waals surface area contributed by atoms with E-state index in [-0.39, 0.29) is 5.91 Å². The van der Waals surface area contributed by atoms with Gasteiger partial charge in [-0.05, 0) is 30.0 Å². The molecule has 0 aliphatic rings. The summed E-state index contributed by atoms with van der Waals surface area (Å²) in [6.45, 7) is 5.56. The number of rotatable bonds is 7. The SMILES string of the molecule is CC(C)CNc1ncc(C(=O)NCCc2ccc(Cl)cc2)cn1. The number of hydrogen-bond donors (Lipinski definition) is 2. The normalized spacial score (nSPS) is 10.6. The molecule has 1 aromatic carbocycles. The molecule has 0 atom stereocenters. The molecule has 0 unspecified atom stereocenters. The highest BCUT2D eigenvalue weighted by Crippen LogP contribution is 2.09. The Hall–Kier alpha value is -2.14. The van der Waals surface area contributed by atoms with Crippen LogP contribution >= 0.6 is 11.6 Å². The Balaban J connectivity index is 1.80. The number of halogens is 1. The van der Waals surface area contributed by atoms with Gasteiger partial charge in [-0.3, -0.25) is 4.79 Å². The first kappa shape index (κ1) is 17.2. The van der Waals surface area contributed by atoms with Gasteiger partial charge in [-0.2, -0.15) is 0 Å². The molecule has 0 fully saturated rings. The van der Waals surface area contributed by atoms with Crippen LogP contribution in [-0.2, 0) is 6.42 Å². The Morgan fingerprint density at radius 2 is 1.83 bits per heavy atom. The lowest BCUT2D eigenvalue weighted by molar-refractivity contribution is 0.0953. The maximum absolute atomic E-state index is 12.0. The van der Waals surface area contributed by atoms with Gasteiger partial charge in [-0.1, -0.05) is 37.6 Å². The number of amides is 1. The van der Waals surface area contributed by atoms with Gasteiger partial charge in [0.1, 0.15) is 0 Å². The second-order valence-electron chi connectivity index (χ2n) is 5.70. The van der Waals surface area contributed by atoms with Gasteiger partial charge in [0.2, 0.25) is 5.95 Å². The van der Waals surface area contributed by atoms with Crippen LogP contribution in [-0.4, -0.2) is 29.0 Å². The first-order valence-corrected chi connectivity index (χ1v) is 8.01. The molecule has 2 rings (SSSR count). The summed E-state index contributed by atoms with van der Waals surface area (Å²) >= 11 is 5.84. The van der Waals surface area contributed by atoms with E-state index in [9.17, 15) is 4.79 Å². The van der Waals surface area contributed by atoms with Crippen LogP contribution in [0.5, 0.6) is 0 Å². The number of hydrogen-bond acceptors (Lipinski definition) is 4. The smallest absolute Gasteiger partial charge is 0.254 e. The van der Waals surface area contributed by atoms with E-state index in [2.05, 4.69) is 34.4 Å². The van der Waals surface area contributed by atoms with Gasteiger partial charge in [0.05, 0.1) is 5.56 Å². The number of aromatic nitrogens is 2. The van der Waals surface area contributed by atoms with Gasteiger partial charge >= 0.3 is 0 Å². The minimum Gasteiger partial charge on any atom is -0.354 e. The summed E-state index contributed by atoms with van der Waals surface area (Å²) in [5.41, 5.74) is 1.58. The number of benzene rings is 1. The van der Waals surface area contributed by atoms with Gasteiger partial charge in [0.25, 0.3) is 5.91 Å². The van der Waals surface area contributed by atoms with Gasteiger partial charge in [0, 0.05) is 30.5 Å². The number of nitrogens with one attached hydrogen (secondary N) is 2. The number of carbonyl (C=O) groups excluding carboxylic acids is 1. The molecule has 2 N–H and O–H groups in total. The highest BCUT2D eigenvalue weighted by molar-refractivity contribution is 6.30. The lowest BCUT2D eigenvalue weighted by Crippen LogP contribution is -2.26. The standard InChI is InChI=1S/C17H21ClN4O/c1-12(2)9-20-17-21-10-14(11-22-17)16(23)19-8-7-13-3-5-15(18)6-4-13/h3-6,10-12H,7-9H2,1-2H3,(H,19,23)(H,20,21,22). The third-order valence-corrected chi connectivity index (χ3v) is 3.45. The van der Waals surface area contributed by atoms with E-state index >= 15 is 0 Å². The molecular weight excluding hydrogens is 312 g/mol. The zero-order chi connectivity index (χ0) is 16.7. The monoisotopic (exact) mass is 332 g/mol. The van der Waals surface area contributed by atoms with Crippen molar-refractivity contribution < 1.29 is 4.79 Å². The van der Waals surface area contributed by atoms with Gasteiger partial charge < -0.3 is 10.6 Å². The van der Waals surface area contributed by atoms with Gasteiger partial charge in [-0.15, -0.1) is 0 Å². The molecule has 0 bridgehead atoms. The van der Waals surface area contributed by atoms with E-state index in [0.717, 1.165) is 18.5 Å². The average Bonchev–Trinajstić information content (AvgIpc) is 2.55. The van der Waals surface area contributed by atoms with Crippen LogP contribution in [0.3, 0.4) is 0 Å². The first-order valence-electron chi connectivity index (χ1n) is 7.63. The summed E-state index contributed by atoms with van der Waals surface area (Å²) in [5.74, 6) is 0.875. The third kappa shape index (κ3) is 5.87. The van der Waals surface area contributed by atoms with Crippen LogP contribution in [0.2, 0.25) is 5.02 Å². The fraction of sp³-hybridized carbons (Fsp3) is 0.353. The van der Waals surface area contributed by atoms with Crippen LogP contribution < -0.4 is 10.6 Å². The lowest BCUT2D eigenvalue weighted by atomic mass is 10.1. The molecular formula is C17H21ClN4O. The number of nitrogens with zero attached hydrogens (tertiary/aromatic N) is 2. The maximum atomic E-state index is 12.0. The van der Waals surface area contributed by atoms with Crippen molar-refractivity contribution in [1.29, 1.82) is 0 Å². The van der Waals surface area contributed by atoms with Crippen molar-refractivity contribution in [2.75, 3.05) is 18.4 Å². The van der Waals surface area contributed by atoms with Crippen molar-refractivity contribution in [1.82, 2.24) is 15.3 Å². The molecule has 0 aliphatic carbocycles. The minimum absolute atomic E-state index is 0.172. The summed E-state index contributed by atoms with van der Waals surface area (Å²) in [5, 5.41) is 6.68. The zero-order valence-electron chi connectivity index (χ0n) is 13.3. The second kappa shape index (κ2) is 8.48. The van der Waals surface area contributed by atoms with Crippen molar-refractivity contribution in [2.45, 2.75) is 20.3 Å². The molecule has 0 aliphatic heterocycles. The van der Waals surface area contributed by atoms with Crippen LogP contribution in [0.25, 0.3) is 0 Å². The quantitative estimate of drug-likeness (QED) is 0.817. The summed E-state index contributed by atoms with van der Waals surface area (Å²) in [7, 11) is 0. The third-order valence-electron chi connectivity index (χ3n) is 3.19. The molecule has 0 spiro atoms. The fourth-order valence-electron chi connectivity index (χ4n) is 1.91. The fourth-order valence-corrected chi connectivity index (χ4v) is 2.03. The molecule has 0 radical (unpaired) electrons. The topological polar surface area (TPSA) is 66.9 Å². The predicted octanol–water partition coefficient (Wildman–Crippen LogP) is 3.17. The average molecular weight is 333 g/mol. The molecule has 23 heavy (non-hydrogen) atoms. The van der Waals surface area contributed by atoms with E-state index in [0.29, 0.717) is 29.0 Å². The number of anilines is 1. The molecule has 122 valence electrons. The van der Waals surface area contributed by atoms with Crippen LogP contribution in [0.1, 0.15) is 29.8 Å². The molecule has 2 aromatic rings. The molecule has 6 heteroatoms. The van der Waals surface area contributed by atoms with E-state index in [1.54, 1.807) is 0 Å². The van der Waals surface area contributed by atoms with Crippen molar-refractivity contribution in [3.63, 3.8) is 0 Å². The number of carbonyl (C=O) groups is 1. The summed E-state index contributed by atoms with van der Waals surface area (Å²) in [6.07, 6.45) is 3.82. The molecule has 5 nitrogen and oxygen atoms in total.